The monoisotopic (exact) mass is 348 g/mol. The van der Waals surface area contributed by atoms with E-state index in [4.69, 9.17) is 5.73 Å². The highest BCUT2D eigenvalue weighted by Gasteiger charge is 2.26. The lowest BCUT2D eigenvalue weighted by Crippen LogP contribution is -2.37. The van der Waals surface area contributed by atoms with Gasteiger partial charge in [0.2, 0.25) is 0 Å². The van der Waals surface area contributed by atoms with Gasteiger partial charge in [0.1, 0.15) is 5.82 Å². The third kappa shape index (κ3) is 2.83. The van der Waals surface area contributed by atoms with Crippen molar-refractivity contribution in [1.29, 1.82) is 0 Å². The van der Waals surface area contributed by atoms with E-state index in [2.05, 4.69) is 39.0 Å². The number of hydrogen-bond donors (Lipinski definition) is 1. The number of rotatable bonds is 3. The molecular formula is C17H18BrFN2. The predicted molar refractivity (Wildman–Crippen MR) is 88.0 cm³/mol. The molecule has 0 amide bonds. The van der Waals surface area contributed by atoms with Crippen LogP contribution in [-0.4, -0.2) is 13.1 Å². The molecule has 2 N–H and O–H groups in total. The summed E-state index contributed by atoms with van der Waals surface area (Å²) < 4.78 is 15.1. The highest BCUT2D eigenvalue weighted by molar-refractivity contribution is 9.10. The number of fused-ring (bicyclic) bond motifs is 1. The first-order valence-electron chi connectivity index (χ1n) is 7.20. The molecular weight excluding hydrogens is 331 g/mol. The number of nitrogens with zero attached hydrogens (tertiary/aromatic N) is 1. The van der Waals surface area contributed by atoms with Crippen molar-refractivity contribution in [2.75, 3.05) is 18.0 Å². The molecule has 1 heterocycles. The van der Waals surface area contributed by atoms with Crippen LogP contribution >= 0.6 is 15.9 Å². The second kappa shape index (κ2) is 6.16. The number of benzene rings is 2. The number of hydrogen-bond acceptors (Lipinski definition) is 2. The molecule has 2 aromatic carbocycles. The molecule has 0 bridgehead atoms. The van der Waals surface area contributed by atoms with Gasteiger partial charge in [-0.2, -0.15) is 0 Å². The Morgan fingerprint density at radius 3 is 2.81 bits per heavy atom. The topological polar surface area (TPSA) is 29.3 Å². The lowest BCUT2D eigenvalue weighted by Gasteiger charge is -2.38. The summed E-state index contributed by atoms with van der Waals surface area (Å²) in [6.07, 6.45) is 2.15. The first kappa shape index (κ1) is 14.5. The summed E-state index contributed by atoms with van der Waals surface area (Å²) in [5.74, 6) is -0.206. The van der Waals surface area contributed by atoms with Gasteiger partial charge in [-0.3, -0.25) is 0 Å². The van der Waals surface area contributed by atoms with Gasteiger partial charge >= 0.3 is 0 Å². The zero-order chi connectivity index (χ0) is 14.8. The van der Waals surface area contributed by atoms with Crippen LogP contribution in [0.5, 0.6) is 0 Å². The number of aryl methyl sites for hydroxylation is 1. The molecule has 1 aliphatic heterocycles. The molecule has 0 aliphatic carbocycles. The Morgan fingerprint density at radius 2 is 2.05 bits per heavy atom. The van der Waals surface area contributed by atoms with Crippen LogP contribution in [0, 0.1) is 5.82 Å². The van der Waals surface area contributed by atoms with Crippen molar-refractivity contribution in [3.63, 3.8) is 0 Å². The fraction of sp³-hybridized carbons (Fsp3) is 0.294. The van der Waals surface area contributed by atoms with Crippen LogP contribution in [0.3, 0.4) is 0 Å². The van der Waals surface area contributed by atoms with E-state index in [-0.39, 0.29) is 11.9 Å². The van der Waals surface area contributed by atoms with Gasteiger partial charge < -0.3 is 10.6 Å². The zero-order valence-corrected chi connectivity index (χ0v) is 13.3. The minimum atomic E-state index is -0.206. The molecule has 21 heavy (non-hydrogen) atoms. The number of halogens is 2. The van der Waals surface area contributed by atoms with Crippen molar-refractivity contribution in [2.45, 2.75) is 18.9 Å². The summed E-state index contributed by atoms with van der Waals surface area (Å²) in [6.45, 7) is 1.31. The van der Waals surface area contributed by atoms with Crippen molar-refractivity contribution in [3.8, 4) is 0 Å². The first-order valence-corrected chi connectivity index (χ1v) is 7.99. The van der Waals surface area contributed by atoms with Crippen LogP contribution in [0.2, 0.25) is 0 Å². The van der Waals surface area contributed by atoms with E-state index >= 15 is 0 Å². The predicted octanol–water partition coefficient (Wildman–Crippen LogP) is 4.04. The van der Waals surface area contributed by atoms with Crippen molar-refractivity contribution in [1.82, 2.24) is 0 Å². The van der Waals surface area contributed by atoms with Gasteiger partial charge in [0.25, 0.3) is 0 Å². The first-order chi connectivity index (χ1) is 10.2. The average molecular weight is 349 g/mol. The third-order valence-corrected chi connectivity index (χ3v) is 4.56. The molecule has 3 rings (SSSR count). The van der Waals surface area contributed by atoms with Crippen LogP contribution < -0.4 is 10.6 Å². The Kier molecular flexibility index (Phi) is 4.27. The van der Waals surface area contributed by atoms with E-state index in [1.807, 2.05) is 18.2 Å². The average Bonchev–Trinajstić information content (AvgIpc) is 2.50. The van der Waals surface area contributed by atoms with E-state index in [0.717, 1.165) is 23.9 Å². The lowest BCUT2D eigenvalue weighted by molar-refractivity contribution is 0.541. The summed E-state index contributed by atoms with van der Waals surface area (Å²) in [6, 6.07) is 13.4. The Labute approximate surface area is 132 Å². The molecule has 1 aliphatic rings. The van der Waals surface area contributed by atoms with Crippen LogP contribution in [-0.2, 0) is 6.42 Å². The van der Waals surface area contributed by atoms with Crippen molar-refractivity contribution >= 4 is 21.6 Å². The maximum atomic E-state index is 14.3. The van der Waals surface area contributed by atoms with E-state index in [9.17, 15) is 4.39 Å². The fourth-order valence-corrected chi connectivity index (χ4v) is 3.41. The van der Waals surface area contributed by atoms with Crippen molar-refractivity contribution < 1.29 is 4.39 Å². The zero-order valence-electron chi connectivity index (χ0n) is 11.7. The van der Waals surface area contributed by atoms with Gasteiger partial charge in [0, 0.05) is 28.8 Å². The molecule has 4 heteroatoms. The summed E-state index contributed by atoms with van der Waals surface area (Å²) in [5.41, 5.74) is 9.15. The van der Waals surface area contributed by atoms with Gasteiger partial charge in [-0.15, -0.1) is 0 Å². The maximum Gasteiger partial charge on any atom is 0.129 e. The van der Waals surface area contributed by atoms with E-state index < -0.39 is 0 Å². The molecule has 110 valence electrons. The quantitative estimate of drug-likeness (QED) is 0.906. The standard InChI is InChI=1S/C17H18BrFN2/c18-13-7-8-14(15(19)10-13)17(11-20)21-9-3-5-12-4-1-2-6-16(12)21/h1-2,4,6-8,10,17H,3,5,9,11,20H2. The summed E-state index contributed by atoms with van der Waals surface area (Å²) in [5, 5.41) is 0. The van der Waals surface area contributed by atoms with E-state index in [1.54, 1.807) is 0 Å². The Balaban J connectivity index is 2.01. The summed E-state index contributed by atoms with van der Waals surface area (Å²) in [4.78, 5) is 2.24. The molecule has 2 aromatic rings. The van der Waals surface area contributed by atoms with Gasteiger partial charge in [0.05, 0.1) is 6.04 Å². The maximum absolute atomic E-state index is 14.3. The molecule has 0 saturated carbocycles. The molecule has 1 atom stereocenters. The fourth-order valence-electron chi connectivity index (χ4n) is 3.08. The lowest BCUT2D eigenvalue weighted by atomic mass is 9.97. The minimum Gasteiger partial charge on any atom is -0.363 e. The Morgan fingerprint density at radius 1 is 1.24 bits per heavy atom. The van der Waals surface area contributed by atoms with Gasteiger partial charge in [-0.1, -0.05) is 40.2 Å². The van der Waals surface area contributed by atoms with E-state index in [0.29, 0.717) is 12.1 Å². The van der Waals surface area contributed by atoms with Crippen molar-refractivity contribution in [2.24, 2.45) is 5.73 Å². The second-order valence-corrected chi connectivity index (χ2v) is 6.26. The van der Waals surface area contributed by atoms with Crippen LogP contribution in [0.15, 0.2) is 46.9 Å². The van der Waals surface area contributed by atoms with Crippen molar-refractivity contribution in [3.05, 3.63) is 63.9 Å². The smallest absolute Gasteiger partial charge is 0.129 e. The molecule has 0 saturated heterocycles. The molecule has 0 spiro atoms. The van der Waals surface area contributed by atoms with Crippen LogP contribution in [0.25, 0.3) is 0 Å². The number of para-hydroxylation sites is 1. The highest BCUT2D eigenvalue weighted by atomic mass is 79.9. The van der Waals surface area contributed by atoms with E-state index in [1.165, 1.54) is 17.3 Å². The summed E-state index contributed by atoms with van der Waals surface area (Å²) >= 11 is 3.30. The second-order valence-electron chi connectivity index (χ2n) is 5.34. The molecule has 0 radical (unpaired) electrons. The van der Waals surface area contributed by atoms with Gasteiger partial charge in [-0.05, 0) is 36.6 Å². The summed E-state index contributed by atoms with van der Waals surface area (Å²) in [7, 11) is 0. The van der Waals surface area contributed by atoms with Gasteiger partial charge in [0.15, 0.2) is 0 Å². The number of anilines is 1. The highest BCUT2D eigenvalue weighted by Crippen LogP contribution is 2.34. The third-order valence-electron chi connectivity index (χ3n) is 4.07. The molecule has 1 unspecified atom stereocenters. The Hall–Kier alpha value is -1.39. The molecule has 0 aromatic heterocycles. The SMILES string of the molecule is NCC(c1ccc(Br)cc1F)N1CCCc2ccccc21. The Bertz CT molecular complexity index is 644. The number of nitrogens with two attached hydrogens (primary N) is 1. The van der Waals surface area contributed by atoms with Crippen LogP contribution in [0.4, 0.5) is 10.1 Å². The molecule has 0 fully saturated rings. The van der Waals surface area contributed by atoms with Gasteiger partial charge in [-0.25, -0.2) is 4.39 Å². The minimum absolute atomic E-state index is 0.125. The molecule has 2 nitrogen and oxygen atoms in total. The normalized spacial score (nSPS) is 15.7. The largest absolute Gasteiger partial charge is 0.363 e. The van der Waals surface area contributed by atoms with Crippen LogP contribution in [0.1, 0.15) is 23.6 Å².